The highest BCUT2D eigenvalue weighted by molar-refractivity contribution is 6.08. The van der Waals surface area contributed by atoms with E-state index in [4.69, 9.17) is 9.47 Å². The van der Waals surface area contributed by atoms with Gasteiger partial charge in [0.25, 0.3) is 5.91 Å². The van der Waals surface area contributed by atoms with E-state index in [0.717, 1.165) is 25.9 Å². The maximum atomic E-state index is 12.7. The Bertz CT molecular complexity index is 809. The molecule has 1 saturated heterocycles. The first kappa shape index (κ1) is 18.6. The van der Waals surface area contributed by atoms with Gasteiger partial charge in [-0.25, -0.2) is 4.79 Å². The summed E-state index contributed by atoms with van der Waals surface area (Å²) in [6, 6.07) is 12.1. The van der Waals surface area contributed by atoms with Crippen molar-refractivity contribution in [2.45, 2.75) is 12.8 Å². The zero-order chi connectivity index (χ0) is 19.2. The third-order valence-corrected chi connectivity index (χ3v) is 4.42. The molecule has 27 heavy (non-hydrogen) atoms. The minimum atomic E-state index is -0.354. The minimum absolute atomic E-state index is 0.123. The zero-order valence-corrected chi connectivity index (χ0v) is 15.5. The van der Waals surface area contributed by atoms with E-state index in [9.17, 15) is 9.59 Å². The molecule has 1 aliphatic rings. The van der Waals surface area contributed by atoms with Crippen LogP contribution in [0.3, 0.4) is 0 Å². The van der Waals surface area contributed by atoms with Crippen LogP contribution in [0.25, 0.3) is 0 Å². The van der Waals surface area contributed by atoms with Gasteiger partial charge in [-0.05, 0) is 43.2 Å². The second kappa shape index (κ2) is 8.44. The van der Waals surface area contributed by atoms with Crippen LogP contribution in [0.4, 0.5) is 16.2 Å². The predicted molar refractivity (Wildman–Crippen MR) is 104 cm³/mol. The van der Waals surface area contributed by atoms with Crippen LogP contribution in [0.5, 0.6) is 11.5 Å². The number of hydrogen-bond acceptors (Lipinski definition) is 4. The SMILES string of the molecule is COc1cccc(OC)c1C(=O)Nc1cccc(NC(=O)N2CCCC2)c1. The van der Waals surface area contributed by atoms with Crippen molar-refractivity contribution in [1.29, 1.82) is 0 Å². The Balaban J connectivity index is 1.74. The highest BCUT2D eigenvalue weighted by atomic mass is 16.5. The molecule has 1 aliphatic heterocycles. The van der Waals surface area contributed by atoms with Crippen LogP contribution < -0.4 is 20.1 Å². The first-order valence-corrected chi connectivity index (χ1v) is 8.80. The van der Waals surface area contributed by atoms with Gasteiger partial charge in [-0.15, -0.1) is 0 Å². The highest BCUT2D eigenvalue weighted by Crippen LogP contribution is 2.29. The Morgan fingerprint density at radius 3 is 2.04 bits per heavy atom. The van der Waals surface area contributed by atoms with E-state index in [2.05, 4.69) is 10.6 Å². The number of likely N-dealkylation sites (tertiary alicyclic amines) is 1. The molecule has 0 atom stereocenters. The Labute approximate surface area is 158 Å². The van der Waals surface area contributed by atoms with Crippen molar-refractivity contribution in [3.8, 4) is 11.5 Å². The third kappa shape index (κ3) is 4.31. The largest absolute Gasteiger partial charge is 0.496 e. The highest BCUT2D eigenvalue weighted by Gasteiger charge is 2.20. The summed E-state index contributed by atoms with van der Waals surface area (Å²) in [5.74, 6) is 0.489. The summed E-state index contributed by atoms with van der Waals surface area (Å²) in [4.78, 5) is 26.8. The summed E-state index contributed by atoms with van der Waals surface area (Å²) in [7, 11) is 3.00. The molecule has 0 spiro atoms. The molecule has 0 radical (unpaired) electrons. The van der Waals surface area contributed by atoms with Crippen LogP contribution in [0, 0.1) is 0 Å². The average Bonchev–Trinajstić information content (AvgIpc) is 3.22. The number of amides is 3. The summed E-state index contributed by atoms with van der Waals surface area (Å²) in [6.45, 7) is 1.55. The monoisotopic (exact) mass is 369 g/mol. The molecule has 0 aliphatic carbocycles. The maximum absolute atomic E-state index is 12.7. The lowest BCUT2D eigenvalue weighted by atomic mass is 10.1. The molecule has 2 aromatic rings. The first-order chi connectivity index (χ1) is 13.1. The number of carbonyl (C=O) groups is 2. The van der Waals surface area contributed by atoms with Crippen molar-refractivity contribution in [3.63, 3.8) is 0 Å². The van der Waals surface area contributed by atoms with Gasteiger partial charge in [0.1, 0.15) is 17.1 Å². The van der Waals surface area contributed by atoms with Crippen LogP contribution >= 0.6 is 0 Å². The van der Waals surface area contributed by atoms with Gasteiger partial charge in [0, 0.05) is 24.5 Å². The van der Waals surface area contributed by atoms with Gasteiger partial charge in [-0.2, -0.15) is 0 Å². The van der Waals surface area contributed by atoms with Gasteiger partial charge < -0.3 is 25.0 Å². The molecular weight excluding hydrogens is 346 g/mol. The number of ether oxygens (including phenoxy) is 2. The van der Waals surface area contributed by atoms with Gasteiger partial charge in [-0.1, -0.05) is 12.1 Å². The number of carbonyl (C=O) groups excluding carboxylic acids is 2. The van der Waals surface area contributed by atoms with Crippen molar-refractivity contribution in [2.75, 3.05) is 37.9 Å². The number of nitrogens with one attached hydrogen (secondary N) is 2. The molecule has 1 heterocycles. The van der Waals surface area contributed by atoms with Crippen molar-refractivity contribution >= 4 is 23.3 Å². The molecule has 0 aromatic heterocycles. The molecule has 0 unspecified atom stereocenters. The van der Waals surface area contributed by atoms with E-state index < -0.39 is 0 Å². The number of rotatable bonds is 5. The predicted octanol–water partition coefficient (Wildman–Crippen LogP) is 3.58. The Morgan fingerprint density at radius 2 is 1.44 bits per heavy atom. The van der Waals surface area contributed by atoms with Gasteiger partial charge >= 0.3 is 6.03 Å². The lowest BCUT2D eigenvalue weighted by Crippen LogP contribution is -2.32. The smallest absolute Gasteiger partial charge is 0.321 e. The van der Waals surface area contributed by atoms with E-state index in [1.165, 1.54) is 14.2 Å². The fraction of sp³-hybridized carbons (Fsp3) is 0.300. The van der Waals surface area contributed by atoms with E-state index in [-0.39, 0.29) is 11.9 Å². The Morgan fingerprint density at radius 1 is 0.889 bits per heavy atom. The van der Waals surface area contributed by atoms with Crippen LogP contribution in [0.15, 0.2) is 42.5 Å². The summed E-state index contributed by atoms with van der Waals surface area (Å²) < 4.78 is 10.6. The van der Waals surface area contributed by atoms with Crippen LogP contribution in [0.1, 0.15) is 23.2 Å². The Kier molecular flexibility index (Phi) is 5.80. The van der Waals surface area contributed by atoms with Gasteiger partial charge in [0.05, 0.1) is 14.2 Å². The van der Waals surface area contributed by atoms with Crippen LogP contribution in [-0.2, 0) is 0 Å². The van der Waals surface area contributed by atoms with E-state index in [0.29, 0.717) is 28.4 Å². The zero-order valence-electron chi connectivity index (χ0n) is 15.5. The minimum Gasteiger partial charge on any atom is -0.496 e. The number of anilines is 2. The second-order valence-electron chi connectivity index (χ2n) is 6.20. The lowest BCUT2D eigenvalue weighted by molar-refractivity contribution is 0.102. The molecule has 3 amide bonds. The molecule has 142 valence electrons. The van der Waals surface area contributed by atoms with Crippen LogP contribution in [-0.4, -0.2) is 44.1 Å². The normalized spacial score (nSPS) is 13.2. The standard InChI is InChI=1S/C20H23N3O4/c1-26-16-9-6-10-17(27-2)18(16)19(24)21-14-7-5-8-15(13-14)22-20(25)23-11-3-4-12-23/h5-10,13H,3-4,11-12H2,1-2H3,(H,21,24)(H,22,25). The van der Waals surface area contributed by atoms with Crippen molar-refractivity contribution in [3.05, 3.63) is 48.0 Å². The molecule has 2 N–H and O–H groups in total. The molecular formula is C20H23N3O4. The summed E-state index contributed by atoms with van der Waals surface area (Å²) >= 11 is 0. The van der Waals surface area contributed by atoms with Crippen molar-refractivity contribution in [1.82, 2.24) is 4.90 Å². The lowest BCUT2D eigenvalue weighted by Gasteiger charge is -2.17. The fourth-order valence-electron chi connectivity index (χ4n) is 3.07. The third-order valence-electron chi connectivity index (χ3n) is 4.42. The average molecular weight is 369 g/mol. The molecule has 2 aromatic carbocycles. The second-order valence-corrected chi connectivity index (χ2v) is 6.20. The van der Waals surface area contributed by atoms with Gasteiger partial charge in [0.15, 0.2) is 0 Å². The number of benzene rings is 2. The van der Waals surface area contributed by atoms with Gasteiger partial charge in [-0.3, -0.25) is 4.79 Å². The van der Waals surface area contributed by atoms with Crippen molar-refractivity contribution < 1.29 is 19.1 Å². The molecule has 0 bridgehead atoms. The molecule has 0 saturated carbocycles. The molecule has 7 heteroatoms. The number of nitrogens with zero attached hydrogens (tertiary/aromatic N) is 1. The van der Waals surface area contributed by atoms with Crippen LogP contribution in [0.2, 0.25) is 0 Å². The molecule has 1 fully saturated rings. The quantitative estimate of drug-likeness (QED) is 0.844. The van der Waals surface area contributed by atoms with Gasteiger partial charge in [0.2, 0.25) is 0 Å². The van der Waals surface area contributed by atoms with E-state index in [1.807, 2.05) is 0 Å². The molecule has 7 nitrogen and oxygen atoms in total. The van der Waals surface area contributed by atoms with Crippen molar-refractivity contribution in [2.24, 2.45) is 0 Å². The number of hydrogen-bond donors (Lipinski definition) is 2. The maximum Gasteiger partial charge on any atom is 0.321 e. The van der Waals surface area contributed by atoms with E-state index >= 15 is 0 Å². The molecule has 3 rings (SSSR count). The fourth-order valence-corrected chi connectivity index (χ4v) is 3.07. The number of urea groups is 1. The van der Waals surface area contributed by atoms with E-state index in [1.54, 1.807) is 47.4 Å². The number of methoxy groups -OCH3 is 2. The Hall–Kier alpha value is -3.22. The summed E-state index contributed by atoms with van der Waals surface area (Å²) in [5, 5.41) is 5.70. The topological polar surface area (TPSA) is 79.9 Å². The summed E-state index contributed by atoms with van der Waals surface area (Å²) in [6.07, 6.45) is 2.06. The summed E-state index contributed by atoms with van der Waals surface area (Å²) in [5.41, 5.74) is 1.50. The first-order valence-electron chi connectivity index (χ1n) is 8.80.